The molecule has 2 aromatic carbocycles. The first-order valence-corrected chi connectivity index (χ1v) is 8.34. The number of benzene rings is 2. The average molecular weight is 372 g/mol. The lowest BCUT2D eigenvalue weighted by molar-refractivity contribution is -0.127. The molecule has 6 nitrogen and oxygen atoms in total. The first-order valence-electron chi connectivity index (χ1n) is 7.52. The van der Waals surface area contributed by atoms with Crippen molar-refractivity contribution in [2.75, 3.05) is 11.9 Å². The van der Waals surface area contributed by atoms with Gasteiger partial charge in [0.05, 0.1) is 4.91 Å². The van der Waals surface area contributed by atoms with Gasteiger partial charge in [0, 0.05) is 5.69 Å². The molecule has 3 amide bonds. The number of aromatic hydroxyl groups is 1. The number of nitrogens with one attached hydrogen (secondary N) is 1. The van der Waals surface area contributed by atoms with Crippen LogP contribution in [-0.2, 0) is 9.59 Å². The Morgan fingerprint density at radius 3 is 2.42 bits per heavy atom. The van der Waals surface area contributed by atoms with Crippen LogP contribution in [0.25, 0.3) is 6.08 Å². The summed E-state index contributed by atoms with van der Waals surface area (Å²) in [6, 6.07) is 11.3. The third kappa shape index (κ3) is 4.09. The number of rotatable bonds is 4. The smallest absolute Gasteiger partial charge is 0.294 e. The summed E-state index contributed by atoms with van der Waals surface area (Å²) in [4.78, 5) is 37.5. The van der Waals surface area contributed by atoms with Gasteiger partial charge in [-0.15, -0.1) is 0 Å². The highest BCUT2D eigenvalue weighted by Gasteiger charge is 2.36. The number of imide groups is 1. The summed E-state index contributed by atoms with van der Waals surface area (Å²) in [7, 11) is 0. The predicted molar refractivity (Wildman–Crippen MR) is 95.8 cm³/mol. The van der Waals surface area contributed by atoms with E-state index < -0.39 is 29.4 Å². The maximum Gasteiger partial charge on any atom is 0.294 e. The number of carbonyl (C=O) groups is 3. The van der Waals surface area contributed by atoms with Crippen LogP contribution >= 0.6 is 11.8 Å². The number of carbonyl (C=O) groups excluding carboxylic acids is 3. The van der Waals surface area contributed by atoms with Gasteiger partial charge in [-0.25, -0.2) is 4.39 Å². The van der Waals surface area contributed by atoms with E-state index in [1.165, 1.54) is 42.5 Å². The van der Waals surface area contributed by atoms with E-state index in [4.69, 9.17) is 0 Å². The zero-order valence-corrected chi connectivity index (χ0v) is 14.1. The number of halogens is 1. The van der Waals surface area contributed by atoms with Crippen LogP contribution in [0.1, 0.15) is 5.56 Å². The highest BCUT2D eigenvalue weighted by atomic mass is 32.2. The topological polar surface area (TPSA) is 86.7 Å². The van der Waals surface area contributed by atoms with Gasteiger partial charge in [-0.05, 0) is 59.8 Å². The van der Waals surface area contributed by atoms with Crippen molar-refractivity contribution in [3.63, 3.8) is 0 Å². The molecule has 0 spiro atoms. The van der Waals surface area contributed by atoms with Crippen LogP contribution in [0.3, 0.4) is 0 Å². The quantitative estimate of drug-likeness (QED) is 0.805. The molecule has 1 aliphatic heterocycles. The second kappa shape index (κ2) is 7.40. The van der Waals surface area contributed by atoms with Gasteiger partial charge in [0.25, 0.3) is 11.1 Å². The molecular weight excluding hydrogens is 359 g/mol. The molecule has 3 rings (SSSR count). The molecule has 0 radical (unpaired) electrons. The average Bonchev–Trinajstić information content (AvgIpc) is 2.86. The highest BCUT2D eigenvalue weighted by molar-refractivity contribution is 8.18. The Bertz CT molecular complexity index is 894. The van der Waals surface area contributed by atoms with Crippen LogP contribution in [0.2, 0.25) is 0 Å². The molecule has 0 aromatic heterocycles. The monoisotopic (exact) mass is 372 g/mol. The molecule has 8 heteroatoms. The summed E-state index contributed by atoms with van der Waals surface area (Å²) < 4.78 is 12.9. The van der Waals surface area contributed by atoms with Gasteiger partial charge < -0.3 is 10.4 Å². The molecule has 2 aromatic rings. The van der Waals surface area contributed by atoms with Crippen LogP contribution in [0.4, 0.5) is 14.9 Å². The molecule has 1 aliphatic rings. The van der Waals surface area contributed by atoms with Crippen molar-refractivity contribution in [3.8, 4) is 5.75 Å². The molecule has 0 aliphatic carbocycles. The van der Waals surface area contributed by atoms with Crippen LogP contribution in [-0.4, -0.2) is 33.6 Å². The molecule has 1 fully saturated rings. The maximum absolute atomic E-state index is 12.9. The first kappa shape index (κ1) is 17.7. The Morgan fingerprint density at radius 2 is 1.77 bits per heavy atom. The second-order valence-electron chi connectivity index (χ2n) is 5.41. The van der Waals surface area contributed by atoms with Gasteiger partial charge in [0.1, 0.15) is 18.1 Å². The Morgan fingerprint density at radius 1 is 1.12 bits per heavy atom. The van der Waals surface area contributed by atoms with Gasteiger partial charge in [0.15, 0.2) is 0 Å². The van der Waals surface area contributed by atoms with Crippen LogP contribution in [0.5, 0.6) is 5.75 Å². The number of nitrogens with zero attached hydrogens (tertiary/aromatic N) is 1. The zero-order valence-electron chi connectivity index (χ0n) is 13.3. The van der Waals surface area contributed by atoms with Gasteiger partial charge in [-0.2, -0.15) is 0 Å². The number of phenolic OH excluding ortho intramolecular Hbond substituents is 1. The Kier molecular flexibility index (Phi) is 5.04. The van der Waals surface area contributed by atoms with E-state index in [0.29, 0.717) is 11.3 Å². The summed E-state index contributed by atoms with van der Waals surface area (Å²) in [5, 5.41) is 11.2. The number of anilines is 1. The lowest BCUT2D eigenvalue weighted by atomic mass is 10.2. The molecule has 0 atom stereocenters. The van der Waals surface area contributed by atoms with Crippen molar-refractivity contribution >= 4 is 40.6 Å². The summed E-state index contributed by atoms with van der Waals surface area (Å²) in [6.07, 6.45) is 1.52. The molecule has 132 valence electrons. The van der Waals surface area contributed by atoms with E-state index >= 15 is 0 Å². The predicted octanol–water partition coefficient (Wildman–Crippen LogP) is 3.21. The summed E-state index contributed by atoms with van der Waals surface area (Å²) in [6.45, 7) is -0.436. The Hall–Kier alpha value is -3.13. The summed E-state index contributed by atoms with van der Waals surface area (Å²) in [5.74, 6) is -1.48. The molecule has 0 unspecified atom stereocenters. The van der Waals surface area contributed by atoms with E-state index in [-0.39, 0.29) is 10.7 Å². The van der Waals surface area contributed by atoms with Crippen molar-refractivity contribution in [2.24, 2.45) is 0 Å². The van der Waals surface area contributed by atoms with Gasteiger partial charge in [-0.1, -0.05) is 12.1 Å². The molecule has 2 N–H and O–H groups in total. The third-order valence-electron chi connectivity index (χ3n) is 3.49. The van der Waals surface area contributed by atoms with E-state index in [2.05, 4.69) is 5.32 Å². The maximum atomic E-state index is 12.9. The summed E-state index contributed by atoms with van der Waals surface area (Å²) in [5.41, 5.74) is 1.01. The second-order valence-corrected chi connectivity index (χ2v) is 6.41. The number of amides is 3. The van der Waals surface area contributed by atoms with Crippen molar-refractivity contribution in [1.29, 1.82) is 0 Å². The number of thioether (sulfide) groups is 1. The SMILES string of the molecule is O=C(CN1C(=O)S/C(=C\c2ccc(O)cc2)C1=O)Nc1ccc(F)cc1. The van der Waals surface area contributed by atoms with Crippen LogP contribution in [0.15, 0.2) is 53.4 Å². The normalized spacial score (nSPS) is 15.6. The van der Waals surface area contributed by atoms with Crippen molar-refractivity contribution < 1.29 is 23.9 Å². The van der Waals surface area contributed by atoms with Crippen molar-refractivity contribution in [1.82, 2.24) is 4.90 Å². The lowest BCUT2D eigenvalue weighted by Gasteiger charge is -2.12. The Labute approximate surface area is 152 Å². The molecule has 1 saturated heterocycles. The fraction of sp³-hybridized carbons (Fsp3) is 0.0556. The Balaban J connectivity index is 1.67. The van der Waals surface area contributed by atoms with E-state index in [1.807, 2.05) is 0 Å². The lowest BCUT2D eigenvalue weighted by Crippen LogP contribution is -2.36. The van der Waals surface area contributed by atoms with Gasteiger partial charge in [-0.3, -0.25) is 19.3 Å². The molecule has 0 saturated carbocycles. The molecule has 1 heterocycles. The molecule has 0 bridgehead atoms. The van der Waals surface area contributed by atoms with Crippen molar-refractivity contribution in [2.45, 2.75) is 0 Å². The number of hydrogen-bond donors (Lipinski definition) is 2. The van der Waals surface area contributed by atoms with E-state index in [9.17, 15) is 23.9 Å². The van der Waals surface area contributed by atoms with Crippen molar-refractivity contribution in [3.05, 3.63) is 64.8 Å². The minimum Gasteiger partial charge on any atom is -0.508 e. The van der Waals surface area contributed by atoms with Gasteiger partial charge in [0.2, 0.25) is 5.91 Å². The number of hydrogen-bond acceptors (Lipinski definition) is 5. The zero-order chi connectivity index (χ0) is 18.7. The molecular formula is C18H13FN2O4S. The third-order valence-corrected chi connectivity index (χ3v) is 4.40. The summed E-state index contributed by atoms with van der Waals surface area (Å²) >= 11 is 0.738. The first-order chi connectivity index (χ1) is 12.4. The minimum absolute atomic E-state index is 0.0905. The van der Waals surface area contributed by atoms with Gasteiger partial charge >= 0.3 is 0 Å². The minimum atomic E-state index is -0.567. The van der Waals surface area contributed by atoms with E-state index in [1.54, 1.807) is 12.1 Å². The van der Waals surface area contributed by atoms with E-state index in [0.717, 1.165) is 16.7 Å². The largest absolute Gasteiger partial charge is 0.508 e. The molecule has 26 heavy (non-hydrogen) atoms. The van der Waals surface area contributed by atoms with Crippen LogP contribution < -0.4 is 5.32 Å². The fourth-order valence-corrected chi connectivity index (χ4v) is 3.07. The number of phenols is 1. The highest BCUT2D eigenvalue weighted by Crippen LogP contribution is 2.32. The standard InChI is InChI=1S/C18H13FN2O4S/c19-12-3-5-13(6-4-12)20-16(23)10-21-17(24)15(26-18(21)25)9-11-1-7-14(22)8-2-11/h1-9,22H,10H2,(H,20,23)/b15-9-. The fourth-order valence-electron chi connectivity index (χ4n) is 2.24. The van der Waals surface area contributed by atoms with Crippen LogP contribution in [0, 0.1) is 5.82 Å².